The maximum atomic E-state index is 10.7. The lowest BCUT2D eigenvalue weighted by Crippen LogP contribution is -2.12. The van der Waals surface area contributed by atoms with E-state index in [-0.39, 0.29) is 17.9 Å². The lowest BCUT2D eigenvalue weighted by Gasteiger charge is -2.04. The summed E-state index contributed by atoms with van der Waals surface area (Å²) in [7, 11) is 0. The summed E-state index contributed by atoms with van der Waals surface area (Å²) in [6, 6.07) is 0. The van der Waals surface area contributed by atoms with E-state index in [1.807, 2.05) is 0 Å². The minimum absolute atomic E-state index is 0.0906. The molecule has 0 spiro atoms. The third-order valence-corrected chi connectivity index (χ3v) is 1.30. The zero-order chi connectivity index (χ0) is 8.43. The highest BCUT2D eigenvalue weighted by Gasteiger charge is 2.16. The van der Waals surface area contributed by atoms with E-state index in [2.05, 4.69) is 4.99 Å². The van der Waals surface area contributed by atoms with E-state index in [0.717, 1.165) is 0 Å². The van der Waals surface area contributed by atoms with Gasteiger partial charge in [0.25, 0.3) is 5.91 Å². The fourth-order valence-corrected chi connectivity index (χ4v) is 0.872. The first-order valence-corrected chi connectivity index (χ1v) is 3.11. The largest absolute Gasteiger partial charge is 0.478 e. The van der Waals surface area contributed by atoms with Crippen molar-refractivity contribution in [3.63, 3.8) is 0 Å². The first-order valence-electron chi connectivity index (χ1n) is 3.11. The van der Waals surface area contributed by atoms with Gasteiger partial charge in [0.2, 0.25) is 0 Å². The number of hydrogen-bond acceptors (Lipinski definition) is 2. The van der Waals surface area contributed by atoms with Gasteiger partial charge >= 0.3 is 5.97 Å². The Bertz CT molecular complexity index is 275. The number of carbonyl (C=O) groups excluding carboxylic acids is 1. The van der Waals surface area contributed by atoms with Crippen LogP contribution in [0.25, 0.3) is 0 Å². The van der Waals surface area contributed by atoms with Gasteiger partial charge in [0.15, 0.2) is 0 Å². The second-order valence-corrected chi connectivity index (χ2v) is 2.30. The summed E-state index contributed by atoms with van der Waals surface area (Å²) in [6.45, 7) is 1.60. The molecule has 1 N–H and O–H groups in total. The van der Waals surface area contributed by atoms with Crippen molar-refractivity contribution in [1.82, 2.24) is 0 Å². The molecule has 0 bridgehead atoms. The van der Waals surface area contributed by atoms with Gasteiger partial charge in [-0.05, 0) is 13.0 Å². The molecule has 0 aromatic carbocycles. The Labute approximate surface area is 63.2 Å². The van der Waals surface area contributed by atoms with Crippen molar-refractivity contribution in [2.75, 3.05) is 0 Å². The third-order valence-electron chi connectivity index (χ3n) is 1.30. The van der Waals surface area contributed by atoms with Gasteiger partial charge in [0.05, 0.1) is 6.42 Å². The van der Waals surface area contributed by atoms with Gasteiger partial charge in [-0.3, -0.25) is 4.79 Å². The Kier molecular flexibility index (Phi) is 1.85. The maximum absolute atomic E-state index is 10.7. The molecule has 11 heavy (non-hydrogen) atoms. The molecule has 0 aromatic rings. The number of dihydropyridines is 1. The molecule has 1 rings (SSSR count). The quantitative estimate of drug-likeness (QED) is 0.592. The van der Waals surface area contributed by atoms with Crippen LogP contribution in [0.2, 0.25) is 0 Å². The number of carboxylic acid groups (broad SMARTS) is 1. The molecule has 1 aliphatic rings. The van der Waals surface area contributed by atoms with Gasteiger partial charge in [-0.1, -0.05) is 0 Å². The molecule has 0 fully saturated rings. The summed E-state index contributed by atoms with van der Waals surface area (Å²) in [5, 5.41) is 8.50. The molecular formula is C7H7NO3. The number of allylic oxidation sites excluding steroid dienone is 1. The van der Waals surface area contributed by atoms with Crippen LogP contribution in [0, 0.1) is 0 Å². The third kappa shape index (κ3) is 1.73. The molecule has 0 unspecified atom stereocenters. The van der Waals surface area contributed by atoms with Crippen molar-refractivity contribution in [3.05, 3.63) is 11.6 Å². The summed E-state index contributed by atoms with van der Waals surface area (Å²) in [6.07, 6.45) is 1.32. The zero-order valence-corrected chi connectivity index (χ0v) is 6.00. The van der Waals surface area contributed by atoms with Crippen molar-refractivity contribution in [3.8, 4) is 0 Å². The highest BCUT2D eigenvalue weighted by molar-refractivity contribution is 6.10. The highest BCUT2D eigenvalue weighted by atomic mass is 16.4. The average Bonchev–Trinajstić information content (AvgIpc) is 1.85. The molecule has 0 atom stereocenters. The number of nitrogens with zero attached hydrogens (tertiary/aromatic N) is 1. The van der Waals surface area contributed by atoms with Crippen LogP contribution in [0.4, 0.5) is 0 Å². The molecule has 1 aliphatic heterocycles. The van der Waals surface area contributed by atoms with Crippen molar-refractivity contribution >= 4 is 17.6 Å². The minimum atomic E-state index is -1.05. The Balaban J connectivity index is 2.93. The Morgan fingerprint density at radius 1 is 1.73 bits per heavy atom. The molecule has 4 heteroatoms. The van der Waals surface area contributed by atoms with Crippen LogP contribution < -0.4 is 0 Å². The first kappa shape index (κ1) is 7.65. The van der Waals surface area contributed by atoms with Crippen LogP contribution in [0.3, 0.4) is 0 Å². The predicted octanol–water partition coefficient (Wildman–Crippen LogP) is 0.389. The number of aliphatic carboxylic acids is 1. The van der Waals surface area contributed by atoms with E-state index in [1.165, 1.54) is 6.08 Å². The number of hydrogen-bond donors (Lipinski definition) is 1. The molecule has 1 amide bonds. The molecule has 58 valence electrons. The van der Waals surface area contributed by atoms with Crippen LogP contribution in [0.15, 0.2) is 16.6 Å². The highest BCUT2D eigenvalue weighted by Crippen LogP contribution is 2.09. The number of aliphatic imine (C=N–C) groups is 1. The monoisotopic (exact) mass is 153 g/mol. The van der Waals surface area contributed by atoms with E-state index >= 15 is 0 Å². The van der Waals surface area contributed by atoms with E-state index in [1.54, 1.807) is 6.92 Å². The van der Waals surface area contributed by atoms with Crippen LogP contribution in [-0.4, -0.2) is 22.7 Å². The molecular weight excluding hydrogens is 146 g/mol. The fourth-order valence-electron chi connectivity index (χ4n) is 0.872. The number of rotatable bonds is 1. The topological polar surface area (TPSA) is 66.7 Å². The molecule has 0 saturated heterocycles. The van der Waals surface area contributed by atoms with Gasteiger partial charge in [-0.15, -0.1) is 0 Å². The second-order valence-electron chi connectivity index (χ2n) is 2.30. The zero-order valence-electron chi connectivity index (χ0n) is 6.00. The lowest BCUT2D eigenvalue weighted by atomic mass is 10.1. The summed E-state index contributed by atoms with van der Waals surface area (Å²) >= 11 is 0. The molecule has 1 heterocycles. The predicted molar refractivity (Wildman–Crippen MR) is 38.5 cm³/mol. The van der Waals surface area contributed by atoms with Crippen molar-refractivity contribution in [1.29, 1.82) is 0 Å². The number of amides is 1. The van der Waals surface area contributed by atoms with Crippen molar-refractivity contribution in [2.45, 2.75) is 13.3 Å². The Morgan fingerprint density at radius 3 is 2.82 bits per heavy atom. The molecule has 0 saturated carbocycles. The summed E-state index contributed by atoms with van der Waals surface area (Å²) in [5.74, 6) is -1.44. The summed E-state index contributed by atoms with van der Waals surface area (Å²) in [4.78, 5) is 24.6. The summed E-state index contributed by atoms with van der Waals surface area (Å²) in [5.41, 5.74) is 0.571. The molecule has 0 aromatic heterocycles. The minimum Gasteiger partial charge on any atom is -0.478 e. The lowest BCUT2D eigenvalue weighted by molar-refractivity contribution is -0.133. The maximum Gasteiger partial charge on any atom is 0.332 e. The molecule has 0 aliphatic carbocycles. The van der Waals surface area contributed by atoms with Crippen molar-refractivity contribution < 1.29 is 14.7 Å². The van der Waals surface area contributed by atoms with Crippen LogP contribution in [-0.2, 0) is 9.59 Å². The van der Waals surface area contributed by atoms with Gasteiger partial charge in [-0.25, -0.2) is 9.79 Å². The van der Waals surface area contributed by atoms with Crippen LogP contribution >= 0.6 is 0 Å². The fraction of sp³-hybridized carbons (Fsp3) is 0.286. The van der Waals surface area contributed by atoms with Gasteiger partial charge in [0, 0.05) is 11.3 Å². The number of carbonyl (C=O) groups is 2. The van der Waals surface area contributed by atoms with Gasteiger partial charge in [-0.2, -0.15) is 0 Å². The van der Waals surface area contributed by atoms with Gasteiger partial charge < -0.3 is 5.11 Å². The standard InChI is InChI=1S/C7H7NO3/c1-4-2-5(7(10)11)3-6(9)8-4/h2H,3H2,1H3,(H,10,11). The summed E-state index contributed by atoms with van der Waals surface area (Å²) < 4.78 is 0. The SMILES string of the molecule is CC1=NC(=O)CC(C(=O)O)=C1. The van der Waals surface area contributed by atoms with Gasteiger partial charge in [0.1, 0.15) is 0 Å². The van der Waals surface area contributed by atoms with Crippen LogP contribution in [0.5, 0.6) is 0 Å². The van der Waals surface area contributed by atoms with Crippen molar-refractivity contribution in [2.24, 2.45) is 4.99 Å². The smallest absolute Gasteiger partial charge is 0.332 e. The van der Waals surface area contributed by atoms with E-state index < -0.39 is 5.97 Å². The second kappa shape index (κ2) is 2.65. The van der Waals surface area contributed by atoms with E-state index in [0.29, 0.717) is 5.71 Å². The first-order chi connectivity index (χ1) is 5.09. The average molecular weight is 153 g/mol. The Morgan fingerprint density at radius 2 is 2.36 bits per heavy atom. The Hall–Kier alpha value is -1.45. The molecule has 0 radical (unpaired) electrons. The molecule has 4 nitrogen and oxygen atoms in total. The van der Waals surface area contributed by atoms with E-state index in [9.17, 15) is 9.59 Å². The van der Waals surface area contributed by atoms with Crippen LogP contribution in [0.1, 0.15) is 13.3 Å². The van der Waals surface area contributed by atoms with E-state index in [4.69, 9.17) is 5.11 Å². The normalized spacial score (nSPS) is 17.4. The number of carboxylic acids is 1.